The Morgan fingerprint density at radius 2 is 0.852 bits per heavy atom. The molecule has 254 valence electrons. The third-order valence-electron chi connectivity index (χ3n) is 11.1. The van der Waals surface area contributed by atoms with Crippen LogP contribution in [0, 0.1) is 0 Å². The molecule has 0 atom stereocenters. The highest BCUT2D eigenvalue weighted by molar-refractivity contribution is 6.08. The third kappa shape index (κ3) is 5.09. The summed E-state index contributed by atoms with van der Waals surface area (Å²) in [6, 6.07) is 82.1. The second-order valence-electron chi connectivity index (χ2n) is 14.1. The molecule has 1 nitrogen and oxygen atoms in total. The second-order valence-corrected chi connectivity index (χ2v) is 14.1. The molecule has 9 aromatic carbocycles. The first kappa shape index (κ1) is 31.7. The maximum Gasteiger partial charge on any atom is 0.0720 e. The van der Waals surface area contributed by atoms with Crippen molar-refractivity contribution in [2.24, 2.45) is 0 Å². The van der Waals surface area contributed by atoms with Gasteiger partial charge in [-0.1, -0.05) is 188 Å². The van der Waals surface area contributed by atoms with Gasteiger partial charge in [-0.15, -0.1) is 0 Å². The highest BCUT2D eigenvalue weighted by Gasteiger charge is 2.48. The molecule has 0 amide bonds. The Morgan fingerprint density at radius 3 is 1.48 bits per heavy atom. The van der Waals surface area contributed by atoms with Gasteiger partial charge in [0.15, 0.2) is 0 Å². The van der Waals surface area contributed by atoms with Crippen LogP contribution in [-0.2, 0) is 5.41 Å². The van der Waals surface area contributed by atoms with Crippen LogP contribution >= 0.6 is 0 Å². The van der Waals surface area contributed by atoms with Crippen LogP contribution in [0.15, 0.2) is 224 Å². The Hall–Kier alpha value is -6.96. The maximum absolute atomic E-state index is 2.47. The Kier molecular flexibility index (Phi) is 7.78. The highest BCUT2D eigenvalue weighted by atomic mass is 15.1. The van der Waals surface area contributed by atoms with Gasteiger partial charge in [-0.25, -0.2) is 0 Å². The predicted molar refractivity (Wildman–Crippen MR) is 227 cm³/mol. The van der Waals surface area contributed by atoms with E-state index in [1.54, 1.807) is 0 Å². The smallest absolute Gasteiger partial charge is 0.0720 e. The van der Waals surface area contributed by atoms with Crippen LogP contribution in [0.3, 0.4) is 0 Å². The first-order valence-electron chi connectivity index (χ1n) is 18.7. The monoisotopic (exact) mass is 687 g/mol. The van der Waals surface area contributed by atoms with Crippen molar-refractivity contribution in [1.29, 1.82) is 0 Å². The molecule has 0 heterocycles. The zero-order valence-electron chi connectivity index (χ0n) is 29.8. The van der Waals surface area contributed by atoms with Crippen molar-refractivity contribution in [3.8, 4) is 33.4 Å². The third-order valence-corrected chi connectivity index (χ3v) is 11.1. The average molecular weight is 688 g/mol. The second kappa shape index (κ2) is 13.2. The molecule has 0 spiro atoms. The van der Waals surface area contributed by atoms with Crippen LogP contribution in [-0.4, -0.2) is 0 Å². The number of fused-ring (bicyclic) bond motifs is 5. The van der Waals surface area contributed by atoms with E-state index in [1.807, 2.05) is 0 Å². The molecule has 1 aliphatic carbocycles. The van der Waals surface area contributed by atoms with Crippen LogP contribution in [0.25, 0.3) is 44.2 Å². The molecule has 1 heteroatoms. The lowest BCUT2D eigenvalue weighted by Gasteiger charge is -2.35. The molecule has 54 heavy (non-hydrogen) atoms. The number of hydrogen-bond acceptors (Lipinski definition) is 1. The predicted octanol–water partition coefficient (Wildman–Crippen LogP) is 14.0. The van der Waals surface area contributed by atoms with Gasteiger partial charge in [0, 0.05) is 16.9 Å². The first-order valence-corrected chi connectivity index (χ1v) is 18.7. The highest BCUT2D eigenvalue weighted by Crippen LogP contribution is 2.62. The molecule has 10 rings (SSSR count). The normalized spacial score (nSPS) is 12.6. The first-order chi connectivity index (χ1) is 26.8. The van der Waals surface area contributed by atoms with Gasteiger partial charge in [0.25, 0.3) is 0 Å². The molecule has 1 aliphatic rings. The van der Waals surface area contributed by atoms with Crippen molar-refractivity contribution in [2.75, 3.05) is 4.90 Å². The summed E-state index contributed by atoms with van der Waals surface area (Å²) in [5, 5.41) is 2.46. The minimum Gasteiger partial charge on any atom is -0.310 e. The molecule has 0 aromatic heterocycles. The summed E-state index contributed by atoms with van der Waals surface area (Å²) < 4.78 is 0. The Bertz CT molecular complexity index is 2700. The summed E-state index contributed by atoms with van der Waals surface area (Å²) in [7, 11) is 0. The van der Waals surface area contributed by atoms with Gasteiger partial charge >= 0.3 is 0 Å². The number of nitrogens with zero attached hydrogens (tertiary/aromatic N) is 1. The zero-order valence-corrected chi connectivity index (χ0v) is 29.8. The fourth-order valence-corrected chi connectivity index (χ4v) is 8.80. The Labute approximate surface area is 317 Å². The molecule has 0 saturated carbocycles. The largest absolute Gasteiger partial charge is 0.310 e. The van der Waals surface area contributed by atoms with Crippen molar-refractivity contribution in [3.63, 3.8) is 0 Å². The summed E-state index contributed by atoms with van der Waals surface area (Å²) >= 11 is 0. The van der Waals surface area contributed by atoms with E-state index in [4.69, 9.17) is 0 Å². The van der Waals surface area contributed by atoms with E-state index in [0.717, 1.165) is 17.1 Å². The number of para-hydroxylation sites is 1. The Balaban J connectivity index is 1.37. The van der Waals surface area contributed by atoms with Crippen molar-refractivity contribution >= 4 is 27.8 Å². The van der Waals surface area contributed by atoms with Crippen molar-refractivity contribution in [1.82, 2.24) is 0 Å². The molecule has 0 aliphatic heterocycles. The number of benzene rings is 9. The van der Waals surface area contributed by atoms with E-state index in [9.17, 15) is 0 Å². The van der Waals surface area contributed by atoms with Crippen molar-refractivity contribution in [3.05, 3.63) is 247 Å². The zero-order chi connectivity index (χ0) is 35.9. The van der Waals surface area contributed by atoms with Crippen LogP contribution < -0.4 is 4.90 Å². The topological polar surface area (TPSA) is 3.24 Å². The number of hydrogen-bond donors (Lipinski definition) is 0. The maximum atomic E-state index is 2.47. The average Bonchev–Trinajstić information content (AvgIpc) is 3.57. The Morgan fingerprint density at radius 1 is 0.352 bits per heavy atom. The summed E-state index contributed by atoms with van der Waals surface area (Å²) in [5.74, 6) is 0. The molecule has 9 aromatic rings. The van der Waals surface area contributed by atoms with Gasteiger partial charge in [-0.3, -0.25) is 0 Å². The quantitative estimate of drug-likeness (QED) is 0.161. The molecule has 0 radical (unpaired) electrons. The molecule has 0 fully saturated rings. The minimum atomic E-state index is -0.577. The van der Waals surface area contributed by atoms with Crippen LogP contribution in [0.1, 0.15) is 22.3 Å². The van der Waals surface area contributed by atoms with E-state index in [0.29, 0.717) is 0 Å². The molecule has 0 bridgehead atoms. The van der Waals surface area contributed by atoms with Gasteiger partial charge in [-0.05, 0) is 97.2 Å². The number of anilines is 3. The summed E-state index contributed by atoms with van der Waals surface area (Å²) in [6.07, 6.45) is 0. The van der Waals surface area contributed by atoms with Gasteiger partial charge in [-0.2, -0.15) is 0 Å². The van der Waals surface area contributed by atoms with E-state index >= 15 is 0 Å². The van der Waals surface area contributed by atoms with Gasteiger partial charge in [0.2, 0.25) is 0 Å². The van der Waals surface area contributed by atoms with Crippen LogP contribution in [0.5, 0.6) is 0 Å². The van der Waals surface area contributed by atoms with Crippen molar-refractivity contribution in [2.45, 2.75) is 5.41 Å². The van der Waals surface area contributed by atoms with E-state index in [1.165, 1.54) is 66.4 Å². The molecule has 0 saturated heterocycles. The van der Waals surface area contributed by atoms with Crippen LogP contribution in [0.4, 0.5) is 17.1 Å². The number of rotatable bonds is 7. The minimum absolute atomic E-state index is 0.577. The van der Waals surface area contributed by atoms with Crippen LogP contribution in [0.2, 0.25) is 0 Å². The standard InChI is InChI=1S/C53H37N/c1-6-19-38(20-7-1)40-24-18-31-46(35-40)54(45-29-14-5-15-30-45)50-37-42-23-16-17-32-47(42)52-51(50)48-36-41(39-21-8-2-9-22-39)33-34-49(48)53(52,43-25-10-3-11-26-43)44-27-12-4-13-28-44/h1-37H. The van der Waals surface area contributed by atoms with Crippen molar-refractivity contribution < 1.29 is 0 Å². The van der Waals surface area contributed by atoms with E-state index < -0.39 is 5.41 Å². The lowest BCUT2D eigenvalue weighted by atomic mass is 9.66. The van der Waals surface area contributed by atoms with E-state index in [-0.39, 0.29) is 0 Å². The molecular formula is C53H37N. The molecule has 0 N–H and O–H groups in total. The lowest BCUT2D eigenvalue weighted by Crippen LogP contribution is -2.29. The molecule has 0 unspecified atom stereocenters. The summed E-state index contributed by atoms with van der Waals surface area (Å²) in [5.41, 5.74) is 15.2. The van der Waals surface area contributed by atoms with E-state index in [2.05, 4.69) is 229 Å². The van der Waals surface area contributed by atoms with Gasteiger partial charge in [0.05, 0.1) is 11.1 Å². The van der Waals surface area contributed by atoms with Gasteiger partial charge < -0.3 is 4.90 Å². The fraction of sp³-hybridized carbons (Fsp3) is 0.0189. The summed E-state index contributed by atoms with van der Waals surface area (Å²) in [6.45, 7) is 0. The molecular weight excluding hydrogens is 651 g/mol. The van der Waals surface area contributed by atoms with Gasteiger partial charge in [0.1, 0.15) is 0 Å². The fourth-order valence-electron chi connectivity index (χ4n) is 8.80. The SMILES string of the molecule is c1ccc(-c2cccc(N(c3ccccc3)c3cc4ccccc4c4c3-c3cc(-c5ccccc5)ccc3C4(c3ccccc3)c3ccccc3)c2)cc1. The summed E-state index contributed by atoms with van der Waals surface area (Å²) in [4.78, 5) is 2.47. The lowest BCUT2D eigenvalue weighted by molar-refractivity contribution is 0.775.